The Labute approximate surface area is 143 Å². The summed E-state index contributed by atoms with van der Waals surface area (Å²) in [6.07, 6.45) is 4.31. The highest BCUT2D eigenvalue weighted by Crippen LogP contribution is 2.32. The Morgan fingerprint density at radius 1 is 1.42 bits per heavy atom. The Morgan fingerprint density at radius 2 is 2.25 bits per heavy atom. The molecule has 24 heavy (non-hydrogen) atoms. The third-order valence-electron chi connectivity index (χ3n) is 4.92. The molecule has 3 rings (SSSR count). The summed E-state index contributed by atoms with van der Waals surface area (Å²) >= 11 is 0. The maximum Gasteiger partial charge on any atom is 0.120 e. The zero-order valence-electron chi connectivity index (χ0n) is 14.7. The molecule has 2 aromatic rings. The minimum absolute atomic E-state index is 0.335. The minimum atomic E-state index is 0.335. The van der Waals surface area contributed by atoms with Crippen molar-refractivity contribution in [2.24, 2.45) is 0 Å². The van der Waals surface area contributed by atoms with E-state index in [9.17, 15) is 5.11 Å². The summed E-state index contributed by atoms with van der Waals surface area (Å²) in [4.78, 5) is 2.41. The van der Waals surface area contributed by atoms with Gasteiger partial charge in [-0.2, -0.15) is 5.10 Å². The molecule has 1 fully saturated rings. The molecule has 130 valence electrons. The SMILES string of the molecule is COc1ccc(O)c(CN2CCCC(c3[nH]ncc3C(C)C)C2)c1. The summed E-state index contributed by atoms with van der Waals surface area (Å²) in [5.74, 6) is 2.08. The van der Waals surface area contributed by atoms with E-state index in [1.54, 1.807) is 19.2 Å². The molecule has 1 aliphatic heterocycles. The van der Waals surface area contributed by atoms with Gasteiger partial charge in [0.15, 0.2) is 0 Å². The van der Waals surface area contributed by atoms with Crippen molar-refractivity contribution in [3.05, 3.63) is 41.2 Å². The average Bonchev–Trinajstić information content (AvgIpc) is 3.07. The summed E-state index contributed by atoms with van der Waals surface area (Å²) < 4.78 is 5.28. The summed E-state index contributed by atoms with van der Waals surface area (Å²) in [6.45, 7) is 7.20. The van der Waals surface area contributed by atoms with Crippen LogP contribution < -0.4 is 4.74 Å². The number of aromatic hydroxyl groups is 1. The van der Waals surface area contributed by atoms with Crippen LogP contribution in [-0.2, 0) is 6.54 Å². The Balaban J connectivity index is 1.73. The van der Waals surface area contributed by atoms with Gasteiger partial charge in [0.25, 0.3) is 0 Å². The van der Waals surface area contributed by atoms with Gasteiger partial charge in [0.05, 0.1) is 13.3 Å². The van der Waals surface area contributed by atoms with E-state index in [1.165, 1.54) is 17.7 Å². The molecule has 1 aromatic heterocycles. The molecule has 0 saturated carbocycles. The molecule has 1 aromatic carbocycles. The second kappa shape index (κ2) is 7.26. The molecule has 2 N–H and O–H groups in total. The predicted molar refractivity (Wildman–Crippen MR) is 94.6 cm³/mol. The number of aromatic nitrogens is 2. The molecule has 1 atom stereocenters. The lowest BCUT2D eigenvalue weighted by Crippen LogP contribution is -2.34. The summed E-state index contributed by atoms with van der Waals surface area (Å²) in [5, 5.41) is 17.6. The van der Waals surface area contributed by atoms with Crippen LogP contribution in [0.2, 0.25) is 0 Å². The molecule has 5 heteroatoms. The van der Waals surface area contributed by atoms with Gasteiger partial charge in [-0.3, -0.25) is 10.00 Å². The van der Waals surface area contributed by atoms with Crippen LogP contribution in [0.25, 0.3) is 0 Å². The van der Waals surface area contributed by atoms with Crippen molar-refractivity contribution in [1.29, 1.82) is 0 Å². The quantitative estimate of drug-likeness (QED) is 0.879. The lowest BCUT2D eigenvalue weighted by molar-refractivity contribution is 0.196. The number of nitrogens with one attached hydrogen (secondary N) is 1. The summed E-state index contributed by atoms with van der Waals surface area (Å²) in [7, 11) is 1.65. The van der Waals surface area contributed by atoms with Crippen LogP contribution >= 0.6 is 0 Å². The minimum Gasteiger partial charge on any atom is -0.508 e. The molecule has 5 nitrogen and oxygen atoms in total. The first-order valence-electron chi connectivity index (χ1n) is 8.70. The molecule has 1 unspecified atom stereocenters. The van der Waals surface area contributed by atoms with Gasteiger partial charge in [-0.15, -0.1) is 0 Å². The predicted octanol–water partition coefficient (Wildman–Crippen LogP) is 3.63. The van der Waals surface area contributed by atoms with Crippen LogP contribution in [0.3, 0.4) is 0 Å². The fourth-order valence-electron chi connectivity index (χ4n) is 3.58. The molecular weight excluding hydrogens is 302 g/mol. The van der Waals surface area contributed by atoms with E-state index in [-0.39, 0.29) is 0 Å². The Kier molecular flexibility index (Phi) is 5.09. The van der Waals surface area contributed by atoms with Crippen molar-refractivity contribution >= 4 is 0 Å². The molecule has 0 bridgehead atoms. The zero-order valence-corrected chi connectivity index (χ0v) is 14.7. The largest absolute Gasteiger partial charge is 0.508 e. The number of rotatable bonds is 5. The molecule has 2 heterocycles. The summed E-state index contributed by atoms with van der Waals surface area (Å²) in [6, 6.07) is 5.42. The maximum absolute atomic E-state index is 10.1. The van der Waals surface area contributed by atoms with Crippen molar-refractivity contribution in [2.75, 3.05) is 20.2 Å². The van der Waals surface area contributed by atoms with Gasteiger partial charge >= 0.3 is 0 Å². The molecule has 0 spiro atoms. The van der Waals surface area contributed by atoms with Crippen molar-refractivity contribution in [3.8, 4) is 11.5 Å². The average molecular weight is 329 g/mol. The molecular formula is C19H27N3O2. The Bertz CT molecular complexity index is 681. The zero-order chi connectivity index (χ0) is 17.1. The highest BCUT2D eigenvalue weighted by molar-refractivity contribution is 5.39. The molecule has 0 radical (unpaired) electrons. The first kappa shape index (κ1) is 16.8. The smallest absolute Gasteiger partial charge is 0.120 e. The normalized spacial score (nSPS) is 18.9. The number of aromatic amines is 1. The van der Waals surface area contributed by atoms with Gasteiger partial charge in [0, 0.05) is 30.3 Å². The third kappa shape index (κ3) is 3.56. The van der Waals surface area contributed by atoms with Gasteiger partial charge in [-0.05, 0) is 49.1 Å². The van der Waals surface area contributed by atoms with Crippen molar-refractivity contribution in [2.45, 2.75) is 45.1 Å². The first-order chi connectivity index (χ1) is 11.6. The van der Waals surface area contributed by atoms with E-state index in [1.807, 2.05) is 12.3 Å². The van der Waals surface area contributed by atoms with Crippen molar-refractivity contribution in [3.63, 3.8) is 0 Å². The lowest BCUT2D eigenvalue weighted by Gasteiger charge is -2.33. The number of phenols is 1. The van der Waals surface area contributed by atoms with Gasteiger partial charge in [-0.25, -0.2) is 0 Å². The van der Waals surface area contributed by atoms with Crippen LogP contribution in [0.5, 0.6) is 11.5 Å². The summed E-state index contributed by atoms with van der Waals surface area (Å²) in [5.41, 5.74) is 3.53. The van der Waals surface area contributed by atoms with E-state index < -0.39 is 0 Å². The first-order valence-corrected chi connectivity index (χ1v) is 8.70. The van der Waals surface area contributed by atoms with Crippen LogP contribution in [0.15, 0.2) is 24.4 Å². The highest BCUT2D eigenvalue weighted by Gasteiger charge is 2.26. The monoisotopic (exact) mass is 329 g/mol. The number of methoxy groups -OCH3 is 1. The highest BCUT2D eigenvalue weighted by atomic mass is 16.5. The number of ether oxygens (including phenoxy) is 1. The molecule has 0 aliphatic carbocycles. The number of nitrogens with zero attached hydrogens (tertiary/aromatic N) is 2. The van der Waals surface area contributed by atoms with Crippen LogP contribution in [-0.4, -0.2) is 40.4 Å². The fourth-order valence-corrected chi connectivity index (χ4v) is 3.58. The van der Waals surface area contributed by atoms with E-state index >= 15 is 0 Å². The number of hydrogen-bond donors (Lipinski definition) is 2. The van der Waals surface area contributed by atoms with Gasteiger partial charge in [-0.1, -0.05) is 13.8 Å². The van der Waals surface area contributed by atoms with Crippen LogP contribution in [0.4, 0.5) is 0 Å². The lowest BCUT2D eigenvalue weighted by atomic mass is 9.89. The number of H-pyrrole nitrogens is 1. The van der Waals surface area contributed by atoms with Crippen LogP contribution in [0, 0.1) is 0 Å². The standard InChI is InChI=1S/C19H27N3O2/c1-13(2)17-10-20-21-19(17)14-5-4-8-22(11-14)12-15-9-16(24-3)6-7-18(15)23/h6-7,9-10,13-14,23H,4-5,8,11-12H2,1-3H3,(H,20,21). The maximum atomic E-state index is 10.1. The molecule has 1 saturated heterocycles. The number of benzene rings is 1. The van der Waals surface area contributed by atoms with Crippen LogP contribution in [0.1, 0.15) is 55.3 Å². The number of likely N-dealkylation sites (tertiary alicyclic amines) is 1. The van der Waals surface area contributed by atoms with Gasteiger partial charge < -0.3 is 9.84 Å². The van der Waals surface area contributed by atoms with E-state index in [0.717, 1.165) is 37.4 Å². The Morgan fingerprint density at radius 3 is 3.00 bits per heavy atom. The van der Waals surface area contributed by atoms with Gasteiger partial charge in [0.1, 0.15) is 11.5 Å². The topological polar surface area (TPSA) is 61.4 Å². The van der Waals surface area contributed by atoms with Crippen molar-refractivity contribution in [1.82, 2.24) is 15.1 Å². The fraction of sp³-hybridized carbons (Fsp3) is 0.526. The Hall–Kier alpha value is -2.01. The number of piperidine rings is 1. The molecule has 1 aliphatic rings. The van der Waals surface area contributed by atoms with Crippen molar-refractivity contribution < 1.29 is 9.84 Å². The van der Waals surface area contributed by atoms with Gasteiger partial charge in [0.2, 0.25) is 0 Å². The number of hydrogen-bond acceptors (Lipinski definition) is 4. The van der Waals surface area contributed by atoms with E-state index in [4.69, 9.17) is 4.74 Å². The van der Waals surface area contributed by atoms with E-state index in [0.29, 0.717) is 17.6 Å². The molecule has 0 amide bonds. The number of phenolic OH excluding ortho intramolecular Hbond substituents is 1. The third-order valence-corrected chi connectivity index (χ3v) is 4.92. The second-order valence-electron chi connectivity index (χ2n) is 6.96. The second-order valence-corrected chi connectivity index (χ2v) is 6.96. The van der Waals surface area contributed by atoms with E-state index in [2.05, 4.69) is 28.9 Å².